The number of methoxy groups -OCH3 is 1. The van der Waals surface area contributed by atoms with Gasteiger partial charge in [0.2, 0.25) is 0 Å². The predicted octanol–water partition coefficient (Wildman–Crippen LogP) is 2.21. The predicted molar refractivity (Wildman–Crippen MR) is 79.0 cm³/mol. The molecule has 0 radical (unpaired) electrons. The van der Waals surface area contributed by atoms with E-state index in [1.807, 2.05) is 0 Å². The van der Waals surface area contributed by atoms with Gasteiger partial charge in [-0.25, -0.2) is 5.43 Å². The minimum atomic E-state index is -0.458. The van der Waals surface area contributed by atoms with E-state index in [4.69, 9.17) is 16.3 Å². The number of phenolic OH excluding ortho intramolecular Hbond substituents is 1. The molecule has 108 valence electrons. The molecular weight excluding hydrogens is 294 g/mol. The molecule has 1 heterocycles. The maximum absolute atomic E-state index is 11.7. The van der Waals surface area contributed by atoms with E-state index in [2.05, 4.69) is 15.5 Å². The number of halogens is 1. The van der Waals surface area contributed by atoms with Crippen LogP contribution in [0.1, 0.15) is 16.1 Å². The summed E-state index contributed by atoms with van der Waals surface area (Å²) in [6.45, 7) is 0. The van der Waals surface area contributed by atoms with Crippen LogP contribution in [0, 0.1) is 0 Å². The molecule has 7 heteroatoms. The normalized spacial score (nSPS) is 10.6. The summed E-state index contributed by atoms with van der Waals surface area (Å²) in [5, 5.41) is 14.0. The van der Waals surface area contributed by atoms with E-state index in [0.717, 1.165) is 0 Å². The van der Waals surface area contributed by atoms with Crippen LogP contribution in [0.3, 0.4) is 0 Å². The standard InChI is InChI=1S/C14H12ClN3O3/c1-21-12-7-10(15)6-9(13(12)19)8-17-18-14(20)11-4-2-3-5-16-11/h2-8,19H,1H3,(H,18,20). The number of carbonyl (C=O) groups is 1. The molecule has 2 rings (SSSR count). The van der Waals surface area contributed by atoms with Gasteiger partial charge in [0, 0.05) is 22.8 Å². The number of phenols is 1. The van der Waals surface area contributed by atoms with Crippen LogP contribution in [-0.4, -0.2) is 29.3 Å². The Morgan fingerprint density at radius 3 is 2.95 bits per heavy atom. The van der Waals surface area contributed by atoms with E-state index in [1.165, 1.54) is 31.7 Å². The Hall–Kier alpha value is -2.60. The molecule has 6 nitrogen and oxygen atoms in total. The number of hydrogen-bond donors (Lipinski definition) is 2. The number of rotatable bonds is 4. The number of aromatic hydroxyl groups is 1. The lowest BCUT2D eigenvalue weighted by molar-refractivity contribution is 0.0950. The third-order valence-corrected chi connectivity index (χ3v) is 2.77. The number of hydrazone groups is 1. The van der Waals surface area contributed by atoms with Crippen LogP contribution >= 0.6 is 11.6 Å². The van der Waals surface area contributed by atoms with Crippen LogP contribution in [0.5, 0.6) is 11.5 Å². The zero-order chi connectivity index (χ0) is 15.2. The Morgan fingerprint density at radius 1 is 1.48 bits per heavy atom. The number of carbonyl (C=O) groups excluding carboxylic acids is 1. The summed E-state index contributed by atoms with van der Waals surface area (Å²) in [5.74, 6) is -0.349. The zero-order valence-electron chi connectivity index (χ0n) is 11.1. The van der Waals surface area contributed by atoms with Gasteiger partial charge in [0.15, 0.2) is 11.5 Å². The fraction of sp³-hybridized carbons (Fsp3) is 0.0714. The van der Waals surface area contributed by atoms with Crippen LogP contribution in [0.15, 0.2) is 41.6 Å². The first-order valence-corrected chi connectivity index (χ1v) is 6.30. The summed E-state index contributed by atoms with van der Waals surface area (Å²) in [4.78, 5) is 15.6. The smallest absolute Gasteiger partial charge is 0.289 e. The summed E-state index contributed by atoms with van der Waals surface area (Å²) in [5.41, 5.74) is 2.86. The summed E-state index contributed by atoms with van der Waals surface area (Å²) in [7, 11) is 1.41. The van der Waals surface area contributed by atoms with E-state index in [1.54, 1.807) is 18.2 Å². The minimum Gasteiger partial charge on any atom is -0.504 e. The van der Waals surface area contributed by atoms with E-state index in [-0.39, 0.29) is 17.2 Å². The number of benzene rings is 1. The summed E-state index contributed by atoms with van der Waals surface area (Å²) in [6, 6.07) is 7.93. The van der Waals surface area contributed by atoms with Gasteiger partial charge in [-0.1, -0.05) is 17.7 Å². The molecule has 0 aliphatic carbocycles. The molecule has 0 aliphatic rings. The van der Waals surface area contributed by atoms with Crippen LogP contribution in [-0.2, 0) is 0 Å². The molecule has 1 amide bonds. The molecule has 0 fully saturated rings. The number of amides is 1. The lowest BCUT2D eigenvalue weighted by Crippen LogP contribution is -2.18. The van der Waals surface area contributed by atoms with Gasteiger partial charge in [-0.15, -0.1) is 0 Å². The fourth-order valence-corrected chi connectivity index (χ4v) is 1.78. The highest BCUT2D eigenvalue weighted by molar-refractivity contribution is 6.31. The van der Waals surface area contributed by atoms with Gasteiger partial charge < -0.3 is 9.84 Å². The zero-order valence-corrected chi connectivity index (χ0v) is 11.8. The SMILES string of the molecule is COc1cc(Cl)cc(C=NNC(=O)c2ccccn2)c1O. The van der Waals surface area contributed by atoms with Crippen molar-refractivity contribution >= 4 is 23.7 Å². The molecule has 0 unspecified atom stereocenters. The van der Waals surface area contributed by atoms with Gasteiger partial charge in [-0.2, -0.15) is 5.10 Å². The van der Waals surface area contributed by atoms with E-state index in [0.29, 0.717) is 10.6 Å². The third-order valence-electron chi connectivity index (χ3n) is 2.56. The number of aromatic nitrogens is 1. The van der Waals surface area contributed by atoms with Crippen LogP contribution < -0.4 is 10.2 Å². The largest absolute Gasteiger partial charge is 0.504 e. The van der Waals surface area contributed by atoms with Crippen molar-refractivity contribution in [3.63, 3.8) is 0 Å². The maximum atomic E-state index is 11.7. The quantitative estimate of drug-likeness (QED) is 0.670. The van der Waals surface area contributed by atoms with E-state index >= 15 is 0 Å². The third kappa shape index (κ3) is 3.70. The fourth-order valence-electron chi connectivity index (χ4n) is 1.56. The molecule has 21 heavy (non-hydrogen) atoms. The van der Waals surface area contributed by atoms with Crippen LogP contribution in [0.4, 0.5) is 0 Å². The molecule has 0 bridgehead atoms. The number of ether oxygens (including phenoxy) is 1. The van der Waals surface area contributed by atoms with E-state index < -0.39 is 5.91 Å². The number of pyridine rings is 1. The Kier molecular flexibility index (Phi) is 4.73. The summed E-state index contributed by atoms with van der Waals surface area (Å²) in [6.07, 6.45) is 2.77. The highest BCUT2D eigenvalue weighted by atomic mass is 35.5. The van der Waals surface area contributed by atoms with Crippen molar-refractivity contribution in [3.05, 3.63) is 52.8 Å². The van der Waals surface area contributed by atoms with Crippen molar-refractivity contribution in [2.75, 3.05) is 7.11 Å². The average Bonchev–Trinajstić information content (AvgIpc) is 2.51. The molecule has 0 atom stereocenters. The van der Waals surface area contributed by atoms with Crippen molar-refractivity contribution in [2.45, 2.75) is 0 Å². The molecule has 0 saturated heterocycles. The molecule has 0 spiro atoms. The number of nitrogens with zero attached hydrogens (tertiary/aromatic N) is 2. The van der Waals surface area contributed by atoms with Gasteiger partial charge in [0.05, 0.1) is 13.3 Å². The molecule has 2 aromatic rings. The second-order valence-corrected chi connectivity index (χ2v) is 4.40. The average molecular weight is 306 g/mol. The molecular formula is C14H12ClN3O3. The minimum absolute atomic E-state index is 0.113. The van der Waals surface area contributed by atoms with Crippen molar-refractivity contribution in [2.24, 2.45) is 5.10 Å². The van der Waals surface area contributed by atoms with Crippen molar-refractivity contribution in [1.82, 2.24) is 10.4 Å². The first-order chi connectivity index (χ1) is 10.1. The Morgan fingerprint density at radius 2 is 2.29 bits per heavy atom. The van der Waals surface area contributed by atoms with Crippen molar-refractivity contribution in [3.8, 4) is 11.5 Å². The highest BCUT2D eigenvalue weighted by Crippen LogP contribution is 2.32. The Balaban J connectivity index is 2.12. The lowest BCUT2D eigenvalue weighted by Gasteiger charge is -2.06. The molecule has 0 aliphatic heterocycles. The molecule has 0 saturated carbocycles. The maximum Gasteiger partial charge on any atom is 0.289 e. The Bertz CT molecular complexity index is 675. The highest BCUT2D eigenvalue weighted by Gasteiger charge is 2.09. The second-order valence-electron chi connectivity index (χ2n) is 3.96. The summed E-state index contributed by atoms with van der Waals surface area (Å²) < 4.78 is 4.97. The van der Waals surface area contributed by atoms with Gasteiger partial charge in [-0.05, 0) is 18.2 Å². The van der Waals surface area contributed by atoms with Gasteiger partial charge >= 0.3 is 0 Å². The first kappa shape index (κ1) is 14.8. The second kappa shape index (κ2) is 6.71. The molecule has 1 aromatic heterocycles. The van der Waals surface area contributed by atoms with Crippen LogP contribution in [0.25, 0.3) is 0 Å². The monoisotopic (exact) mass is 305 g/mol. The van der Waals surface area contributed by atoms with Gasteiger partial charge in [0.25, 0.3) is 5.91 Å². The van der Waals surface area contributed by atoms with Crippen molar-refractivity contribution in [1.29, 1.82) is 0 Å². The lowest BCUT2D eigenvalue weighted by atomic mass is 10.2. The molecule has 2 N–H and O–H groups in total. The van der Waals surface area contributed by atoms with Crippen molar-refractivity contribution < 1.29 is 14.6 Å². The molecule has 1 aromatic carbocycles. The van der Waals surface area contributed by atoms with Gasteiger partial charge in [-0.3, -0.25) is 9.78 Å². The first-order valence-electron chi connectivity index (χ1n) is 5.92. The number of nitrogens with one attached hydrogen (secondary N) is 1. The summed E-state index contributed by atoms with van der Waals surface area (Å²) >= 11 is 5.89. The number of hydrogen-bond acceptors (Lipinski definition) is 5. The van der Waals surface area contributed by atoms with E-state index in [9.17, 15) is 9.90 Å². The topological polar surface area (TPSA) is 83.8 Å². The van der Waals surface area contributed by atoms with Crippen LogP contribution in [0.2, 0.25) is 5.02 Å². The Labute approximate surface area is 126 Å². The van der Waals surface area contributed by atoms with Gasteiger partial charge in [0.1, 0.15) is 5.69 Å².